The van der Waals surface area contributed by atoms with E-state index in [0.717, 1.165) is 16.8 Å². The van der Waals surface area contributed by atoms with Gasteiger partial charge in [-0.15, -0.1) is 0 Å². The molecule has 0 saturated carbocycles. The highest BCUT2D eigenvalue weighted by molar-refractivity contribution is 6.07. The number of hydrogen-bond donors (Lipinski definition) is 2. The van der Waals surface area contributed by atoms with Crippen LogP contribution < -0.4 is 9.80 Å². The summed E-state index contributed by atoms with van der Waals surface area (Å²) < 4.78 is 0. The minimum Gasteiger partial charge on any atom is -0.395 e. The number of anilines is 2. The van der Waals surface area contributed by atoms with Crippen LogP contribution in [0.15, 0.2) is 91.0 Å². The van der Waals surface area contributed by atoms with Crippen molar-refractivity contribution < 1.29 is 24.6 Å². The van der Waals surface area contributed by atoms with Gasteiger partial charge in [0.15, 0.2) is 5.60 Å². The first-order valence-electron chi connectivity index (χ1n) is 13.9. The van der Waals surface area contributed by atoms with E-state index in [1.54, 1.807) is 45.9 Å². The summed E-state index contributed by atoms with van der Waals surface area (Å²) in [6.45, 7) is 3.23. The number of aliphatic hydroxyl groups excluding tert-OH is 1. The third kappa shape index (κ3) is 5.66. The average molecular weight is 554 g/mol. The summed E-state index contributed by atoms with van der Waals surface area (Å²) in [7, 11) is 0. The normalized spacial score (nSPS) is 18.9. The van der Waals surface area contributed by atoms with Gasteiger partial charge in [-0.2, -0.15) is 0 Å². The number of para-hydroxylation sites is 1. The number of β-lactam (4-membered cyclic amide) rings is 1. The van der Waals surface area contributed by atoms with E-state index in [2.05, 4.69) is 0 Å². The van der Waals surface area contributed by atoms with Crippen LogP contribution in [0.1, 0.15) is 36.5 Å². The van der Waals surface area contributed by atoms with Crippen molar-refractivity contribution in [3.63, 3.8) is 0 Å². The lowest BCUT2D eigenvalue weighted by atomic mass is 9.83. The Balaban J connectivity index is 1.29. The SMILES string of the molecule is C[C@@H](/C=C/CC(=O)N(CCO)Cc1ccccc1)[C@]1(O)C(=O)N(Cc2ccc(N3CCC3=O)cc2)c2ccccc21. The highest BCUT2D eigenvalue weighted by Crippen LogP contribution is 2.45. The van der Waals surface area contributed by atoms with Crippen LogP contribution in [-0.2, 0) is 33.1 Å². The van der Waals surface area contributed by atoms with Crippen molar-refractivity contribution in [2.45, 2.75) is 38.5 Å². The molecule has 3 aromatic rings. The highest BCUT2D eigenvalue weighted by atomic mass is 16.3. The first-order valence-corrected chi connectivity index (χ1v) is 13.9. The number of benzene rings is 3. The van der Waals surface area contributed by atoms with E-state index in [4.69, 9.17) is 0 Å². The van der Waals surface area contributed by atoms with Crippen LogP contribution in [0.2, 0.25) is 0 Å². The quantitative estimate of drug-likeness (QED) is 0.278. The van der Waals surface area contributed by atoms with Crippen molar-refractivity contribution in [1.29, 1.82) is 0 Å². The fourth-order valence-electron chi connectivity index (χ4n) is 5.47. The molecular formula is C33H35N3O5. The molecule has 41 heavy (non-hydrogen) atoms. The van der Waals surface area contributed by atoms with Gasteiger partial charge in [0.25, 0.3) is 5.91 Å². The van der Waals surface area contributed by atoms with Crippen LogP contribution in [0.25, 0.3) is 0 Å². The predicted octanol–water partition coefficient (Wildman–Crippen LogP) is 3.76. The lowest BCUT2D eigenvalue weighted by Crippen LogP contribution is -2.44. The van der Waals surface area contributed by atoms with Crippen LogP contribution in [0.5, 0.6) is 0 Å². The molecule has 0 unspecified atom stereocenters. The molecule has 0 aromatic heterocycles. The lowest BCUT2D eigenvalue weighted by molar-refractivity contribution is -0.139. The maximum Gasteiger partial charge on any atom is 0.264 e. The number of hydrogen-bond acceptors (Lipinski definition) is 5. The van der Waals surface area contributed by atoms with Gasteiger partial charge >= 0.3 is 0 Å². The number of nitrogens with zero attached hydrogens (tertiary/aromatic N) is 3. The van der Waals surface area contributed by atoms with Gasteiger partial charge in [0.1, 0.15) is 0 Å². The third-order valence-corrected chi connectivity index (χ3v) is 7.93. The molecule has 2 atom stereocenters. The molecule has 1 fully saturated rings. The molecule has 3 amide bonds. The zero-order chi connectivity index (χ0) is 29.0. The number of rotatable bonds is 11. The number of fused-ring (bicyclic) bond motifs is 1. The highest BCUT2D eigenvalue weighted by Gasteiger charge is 2.52. The van der Waals surface area contributed by atoms with Gasteiger partial charge in [0, 0.05) is 49.6 Å². The smallest absolute Gasteiger partial charge is 0.264 e. The molecule has 1 saturated heterocycles. The molecule has 0 radical (unpaired) electrons. The van der Waals surface area contributed by atoms with Crippen molar-refractivity contribution in [3.05, 3.63) is 108 Å². The molecule has 8 nitrogen and oxygen atoms in total. The molecule has 5 rings (SSSR count). The predicted molar refractivity (Wildman–Crippen MR) is 157 cm³/mol. The molecular weight excluding hydrogens is 518 g/mol. The zero-order valence-electron chi connectivity index (χ0n) is 23.1. The first kappa shape index (κ1) is 28.3. The molecule has 0 aliphatic carbocycles. The summed E-state index contributed by atoms with van der Waals surface area (Å²) in [6.07, 6.45) is 4.05. The second kappa shape index (κ2) is 12.1. The minimum absolute atomic E-state index is 0.0820. The largest absolute Gasteiger partial charge is 0.395 e. The second-order valence-electron chi connectivity index (χ2n) is 10.6. The first-order chi connectivity index (χ1) is 19.8. The van der Waals surface area contributed by atoms with Gasteiger partial charge < -0.3 is 24.9 Å². The summed E-state index contributed by atoms with van der Waals surface area (Å²) in [4.78, 5) is 43.4. The number of carbonyl (C=O) groups excluding carboxylic acids is 3. The molecule has 8 heteroatoms. The van der Waals surface area contributed by atoms with E-state index < -0.39 is 17.4 Å². The Bertz CT molecular complexity index is 1440. The van der Waals surface area contributed by atoms with Gasteiger partial charge in [0.2, 0.25) is 11.8 Å². The Hall–Kier alpha value is -4.27. The van der Waals surface area contributed by atoms with Crippen molar-refractivity contribution >= 4 is 29.1 Å². The summed E-state index contributed by atoms with van der Waals surface area (Å²) >= 11 is 0. The van der Waals surface area contributed by atoms with Gasteiger partial charge in [-0.25, -0.2) is 0 Å². The number of aliphatic hydroxyl groups is 2. The van der Waals surface area contributed by atoms with Crippen molar-refractivity contribution in [1.82, 2.24) is 4.90 Å². The minimum atomic E-state index is -1.78. The molecule has 2 heterocycles. The summed E-state index contributed by atoms with van der Waals surface area (Å²) in [5.41, 5.74) is 2.08. The topological polar surface area (TPSA) is 101 Å². The van der Waals surface area contributed by atoms with Crippen LogP contribution in [0.3, 0.4) is 0 Å². The Morgan fingerprint density at radius 2 is 1.71 bits per heavy atom. The molecule has 212 valence electrons. The monoisotopic (exact) mass is 553 g/mol. The van der Waals surface area contributed by atoms with E-state index in [1.165, 1.54) is 0 Å². The van der Waals surface area contributed by atoms with E-state index in [0.29, 0.717) is 30.8 Å². The molecule has 0 bridgehead atoms. The third-order valence-electron chi connectivity index (χ3n) is 7.93. The molecule has 2 aliphatic rings. The summed E-state index contributed by atoms with van der Waals surface area (Å²) in [5.74, 6) is -1.07. The molecule has 2 N–H and O–H groups in total. The number of amides is 3. The van der Waals surface area contributed by atoms with Crippen LogP contribution in [-0.4, -0.2) is 52.5 Å². The van der Waals surface area contributed by atoms with Crippen molar-refractivity contribution in [2.24, 2.45) is 5.92 Å². The van der Waals surface area contributed by atoms with Crippen LogP contribution in [0, 0.1) is 5.92 Å². The lowest BCUT2D eigenvalue weighted by Gasteiger charge is -2.31. The van der Waals surface area contributed by atoms with E-state index in [-0.39, 0.29) is 37.9 Å². The zero-order valence-corrected chi connectivity index (χ0v) is 23.1. The van der Waals surface area contributed by atoms with E-state index >= 15 is 0 Å². The fourth-order valence-corrected chi connectivity index (χ4v) is 5.47. The van der Waals surface area contributed by atoms with Crippen LogP contribution >= 0.6 is 0 Å². The van der Waals surface area contributed by atoms with E-state index in [1.807, 2.05) is 66.7 Å². The molecule has 2 aliphatic heterocycles. The Morgan fingerprint density at radius 3 is 2.37 bits per heavy atom. The Kier molecular flexibility index (Phi) is 8.33. The molecule has 3 aromatic carbocycles. The van der Waals surface area contributed by atoms with Crippen molar-refractivity contribution in [3.8, 4) is 0 Å². The Morgan fingerprint density at radius 1 is 1.00 bits per heavy atom. The average Bonchev–Trinajstić information content (AvgIpc) is 3.20. The summed E-state index contributed by atoms with van der Waals surface area (Å²) in [5, 5.41) is 21.3. The fraction of sp³-hybridized carbons (Fsp3) is 0.303. The Labute approximate surface area is 240 Å². The standard InChI is InChI=1S/C33H35N3O5/c1-24(8-7-13-30(38)34(20-21-37)22-25-9-3-2-4-10-25)33(41)28-11-5-6-12-29(28)36(32(33)40)23-26-14-16-27(17-15-26)35-19-18-31(35)39/h2-12,14-17,24,37,41H,13,18-23H2,1H3/b8-7+/t24-,33+/m0/s1. The maximum absolute atomic E-state index is 13.8. The van der Waals surface area contributed by atoms with Gasteiger partial charge in [0.05, 0.1) is 18.8 Å². The number of carbonyl (C=O) groups is 3. The maximum atomic E-state index is 13.8. The van der Waals surface area contributed by atoms with Gasteiger partial charge in [-0.3, -0.25) is 14.4 Å². The second-order valence-corrected chi connectivity index (χ2v) is 10.6. The van der Waals surface area contributed by atoms with Gasteiger partial charge in [-0.05, 0) is 29.3 Å². The summed E-state index contributed by atoms with van der Waals surface area (Å²) in [6, 6.07) is 24.4. The van der Waals surface area contributed by atoms with Gasteiger partial charge in [-0.1, -0.05) is 79.7 Å². The van der Waals surface area contributed by atoms with E-state index in [9.17, 15) is 24.6 Å². The van der Waals surface area contributed by atoms with Crippen LogP contribution in [0.4, 0.5) is 11.4 Å². The van der Waals surface area contributed by atoms with Crippen molar-refractivity contribution in [2.75, 3.05) is 29.5 Å². The molecule has 0 spiro atoms.